The molecule has 1 aromatic heterocycles. The van der Waals surface area contributed by atoms with Gasteiger partial charge in [0.05, 0.1) is 4.88 Å². The summed E-state index contributed by atoms with van der Waals surface area (Å²) >= 11 is 1.60. The Kier molecular flexibility index (Phi) is 7.10. The molecular formula is C15H25NO2S. The van der Waals surface area contributed by atoms with Crippen LogP contribution in [0, 0.1) is 6.92 Å². The summed E-state index contributed by atoms with van der Waals surface area (Å²) in [4.78, 5) is 16.2. The summed E-state index contributed by atoms with van der Waals surface area (Å²) in [7, 11) is 1.86. The minimum absolute atomic E-state index is 0.124. The van der Waals surface area contributed by atoms with Gasteiger partial charge in [-0.05, 0) is 44.2 Å². The molecule has 1 heterocycles. The molecule has 0 aliphatic heterocycles. The Morgan fingerprint density at radius 2 is 2.11 bits per heavy atom. The molecule has 1 aromatic rings. The van der Waals surface area contributed by atoms with E-state index in [1.165, 1.54) is 10.4 Å². The van der Waals surface area contributed by atoms with Crippen molar-refractivity contribution in [2.75, 3.05) is 20.2 Å². The van der Waals surface area contributed by atoms with Gasteiger partial charge in [0.1, 0.15) is 0 Å². The number of carbonyl (C=O) groups excluding carboxylic acids is 1. The summed E-state index contributed by atoms with van der Waals surface area (Å²) in [6.45, 7) is 5.25. The first-order chi connectivity index (χ1) is 9.10. The van der Waals surface area contributed by atoms with Crippen LogP contribution in [-0.4, -0.2) is 36.1 Å². The second kappa shape index (κ2) is 8.33. The average Bonchev–Trinajstić information content (AvgIpc) is 2.75. The number of aryl methyl sites for hydroxylation is 2. The van der Waals surface area contributed by atoms with Crippen LogP contribution in [0.1, 0.15) is 52.7 Å². The molecule has 1 rings (SSSR count). The highest BCUT2D eigenvalue weighted by atomic mass is 32.1. The number of rotatable bonds is 8. The van der Waals surface area contributed by atoms with Gasteiger partial charge in [-0.2, -0.15) is 0 Å². The van der Waals surface area contributed by atoms with E-state index in [4.69, 9.17) is 5.11 Å². The number of hydrogen-bond acceptors (Lipinski definition) is 3. The van der Waals surface area contributed by atoms with E-state index in [-0.39, 0.29) is 12.5 Å². The number of thiophene rings is 1. The van der Waals surface area contributed by atoms with E-state index in [1.54, 1.807) is 16.2 Å². The molecule has 0 spiro atoms. The van der Waals surface area contributed by atoms with Gasteiger partial charge >= 0.3 is 0 Å². The Hall–Kier alpha value is -0.870. The molecule has 108 valence electrons. The minimum Gasteiger partial charge on any atom is -0.396 e. The third-order valence-corrected chi connectivity index (χ3v) is 4.33. The molecule has 1 N–H and O–H groups in total. The highest BCUT2D eigenvalue weighted by molar-refractivity contribution is 7.14. The number of amides is 1. The SMILES string of the molecule is CCCc1cc(C(=O)N(C)CCCCCO)sc1C. The standard InChI is InChI=1S/C15H25NO2S/c1-4-8-13-11-14(19-12(13)2)15(18)16(3)9-6-5-7-10-17/h11,17H,4-10H2,1-3H3. The Labute approximate surface area is 120 Å². The maximum absolute atomic E-state index is 12.3. The normalized spacial score (nSPS) is 10.7. The minimum atomic E-state index is 0.124. The first-order valence-electron chi connectivity index (χ1n) is 7.05. The fourth-order valence-corrected chi connectivity index (χ4v) is 3.14. The monoisotopic (exact) mass is 283 g/mol. The fourth-order valence-electron chi connectivity index (χ4n) is 2.07. The fraction of sp³-hybridized carbons (Fsp3) is 0.667. The summed E-state index contributed by atoms with van der Waals surface area (Å²) < 4.78 is 0. The van der Waals surface area contributed by atoms with Crippen LogP contribution in [0.5, 0.6) is 0 Å². The van der Waals surface area contributed by atoms with Gasteiger partial charge in [-0.3, -0.25) is 4.79 Å². The average molecular weight is 283 g/mol. The molecule has 19 heavy (non-hydrogen) atoms. The van der Waals surface area contributed by atoms with Crippen molar-refractivity contribution < 1.29 is 9.90 Å². The molecular weight excluding hydrogens is 258 g/mol. The molecule has 4 heteroatoms. The lowest BCUT2D eigenvalue weighted by Gasteiger charge is -2.15. The highest BCUT2D eigenvalue weighted by Gasteiger charge is 2.15. The molecule has 0 fully saturated rings. The van der Waals surface area contributed by atoms with E-state index < -0.39 is 0 Å². The molecule has 0 aliphatic rings. The topological polar surface area (TPSA) is 40.5 Å². The Bertz CT molecular complexity index is 401. The van der Waals surface area contributed by atoms with Gasteiger partial charge in [-0.15, -0.1) is 11.3 Å². The van der Waals surface area contributed by atoms with E-state index >= 15 is 0 Å². The summed E-state index contributed by atoms with van der Waals surface area (Å²) in [6, 6.07) is 2.05. The first-order valence-corrected chi connectivity index (χ1v) is 7.87. The molecule has 0 saturated carbocycles. The molecule has 3 nitrogen and oxygen atoms in total. The summed E-state index contributed by atoms with van der Waals surface area (Å²) in [5.41, 5.74) is 1.31. The first kappa shape index (κ1) is 16.2. The number of hydrogen-bond donors (Lipinski definition) is 1. The smallest absolute Gasteiger partial charge is 0.263 e. The predicted octanol–water partition coefficient (Wildman–Crippen LogP) is 3.24. The van der Waals surface area contributed by atoms with Gasteiger partial charge in [-0.25, -0.2) is 0 Å². The van der Waals surface area contributed by atoms with Crippen LogP contribution < -0.4 is 0 Å². The number of aliphatic hydroxyl groups excluding tert-OH is 1. The maximum Gasteiger partial charge on any atom is 0.263 e. The molecule has 0 aromatic carbocycles. The van der Waals surface area contributed by atoms with Gasteiger partial charge < -0.3 is 10.0 Å². The van der Waals surface area contributed by atoms with Crippen molar-refractivity contribution in [1.29, 1.82) is 0 Å². The van der Waals surface area contributed by atoms with Crippen molar-refractivity contribution >= 4 is 17.2 Å². The van der Waals surface area contributed by atoms with E-state index in [0.29, 0.717) is 0 Å². The van der Waals surface area contributed by atoms with Crippen molar-refractivity contribution in [3.63, 3.8) is 0 Å². The van der Waals surface area contributed by atoms with Crippen LogP contribution in [0.3, 0.4) is 0 Å². The Morgan fingerprint density at radius 3 is 2.74 bits per heavy atom. The lowest BCUT2D eigenvalue weighted by atomic mass is 10.1. The molecule has 0 atom stereocenters. The van der Waals surface area contributed by atoms with Crippen molar-refractivity contribution in [2.45, 2.75) is 46.0 Å². The number of aliphatic hydroxyl groups is 1. The van der Waals surface area contributed by atoms with E-state index in [9.17, 15) is 4.79 Å². The molecule has 0 bridgehead atoms. The van der Waals surface area contributed by atoms with Crippen molar-refractivity contribution in [3.8, 4) is 0 Å². The molecule has 0 radical (unpaired) electrons. The third kappa shape index (κ3) is 4.96. The zero-order valence-corrected chi connectivity index (χ0v) is 13.1. The molecule has 0 saturated heterocycles. The lowest BCUT2D eigenvalue weighted by Crippen LogP contribution is -2.27. The van der Waals surface area contributed by atoms with Crippen LogP contribution in [0.2, 0.25) is 0 Å². The predicted molar refractivity (Wildman–Crippen MR) is 80.9 cm³/mol. The molecule has 0 unspecified atom stereocenters. The van der Waals surface area contributed by atoms with Crippen molar-refractivity contribution in [2.24, 2.45) is 0 Å². The number of nitrogens with zero attached hydrogens (tertiary/aromatic N) is 1. The third-order valence-electron chi connectivity index (χ3n) is 3.25. The van der Waals surface area contributed by atoms with Crippen LogP contribution in [-0.2, 0) is 6.42 Å². The summed E-state index contributed by atoms with van der Waals surface area (Å²) in [6.07, 6.45) is 4.91. The highest BCUT2D eigenvalue weighted by Crippen LogP contribution is 2.24. The van der Waals surface area contributed by atoms with Gasteiger partial charge in [-0.1, -0.05) is 13.3 Å². The van der Waals surface area contributed by atoms with Gasteiger partial charge in [0.25, 0.3) is 5.91 Å². The van der Waals surface area contributed by atoms with E-state index in [0.717, 1.165) is 43.5 Å². The maximum atomic E-state index is 12.3. The van der Waals surface area contributed by atoms with E-state index in [2.05, 4.69) is 19.9 Å². The largest absolute Gasteiger partial charge is 0.396 e. The van der Waals surface area contributed by atoms with Gasteiger partial charge in [0, 0.05) is 25.1 Å². The van der Waals surface area contributed by atoms with Crippen LogP contribution in [0.15, 0.2) is 6.07 Å². The quantitative estimate of drug-likeness (QED) is 0.744. The Balaban J connectivity index is 2.54. The molecule has 0 aliphatic carbocycles. The van der Waals surface area contributed by atoms with Crippen molar-refractivity contribution in [3.05, 3.63) is 21.4 Å². The second-order valence-electron chi connectivity index (χ2n) is 4.95. The Morgan fingerprint density at radius 1 is 1.37 bits per heavy atom. The lowest BCUT2D eigenvalue weighted by molar-refractivity contribution is 0.0797. The summed E-state index contributed by atoms with van der Waals surface area (Å²) in [5, 5.41) is 8.72. The van der Waals surface area contributed by atoms with E-state index in [1.807, 2.05) is 7.05 Å². The van der Waals surface area contributed by atoms with Gasteiger partial charge in [0.15, 0.2) is 0 Å². The molecule has 1 amide bonds. The second-order valence-corrected chi connectivity index (χ2v) is 6.21. The number of carbonyl (C=O) groups is 1. The van der Waals surface area contributed by atoms with Crippen LogP contribution in [0.25, 0.3) is 0 Å². The van der Waals surface area contributed by atoms with Crippen LogP contribution in [0.4, 0.5) is 0 Å². The van der Waals surface area contributed by atoms with Gasteiger partial charge in [0.2, 0.25) is 0 Å². The van der Waals surface area contributed by atoms with Crippen LogP contribution >= 0.6 is 11.3 Å². The summed E-state index contributed by atoms with van der Waals surface area (Å²) in [5.74, 6) is 0.124. The zero-order chi connectivity index (χ0) is 14.3. The zero-order valence-electron chi connectivity index (χ0n) is 12.2. The number of unbranched alkanes of at least 4 members (excludes halogenated alkanes) is 2. The van der Waals surface area contributed by atoms with Crippen molar-refractivity contribution in [1.82, 2.24) is 4.90 Å².